The normalized spacial score (nSPS) is 16.3. The van der Waals surface area contributed by atoms with Gasteiger partial charge in [-0.3, -0.25) is 0 Å². The van der Waals surface area contributed by atoms with Gasteiger partial charge in [0.2, 0.25) is 0 Å². The van der Waals surface area contributed by atoms with E-state index >= 15 is 0 Å². The molecule has 0 aromatic heterocycles. The fourth-order valence-corrected chi connectivity index (χ4v) is 1.63. The van der Waals surface area contributed by atoms with Gasteiger partial charge in [0.1, 0.15) is 5.75 Å². The average Bonchev–Trinajstić information content (AvgIpc) is 2.36. The minimum absolute atomic E-state index is 0.157. The fourth-order valence-electron chi connectivity index (χ4n) is 1.63. The van der Waals surface area contributed by atoms with Crippen molar-refractivity contribution in [2.24, 2.45) is 0 Å². The van der Waals surface area contributed by atoms with Gasteiger partial charge in [0.25, 0.3) is 0 Å². The highest BCUT2D eigenvalue weighted by molar-refractivity contribution is 5.35. The molecule has 0 fully saturated rings. The molecule has 2 atom stereocenters. The molecule has 0 bridgehead atoms. The van der Waals surface area contributed by atoms with Crippen molar-refractivity contribution >= 4 is 0 Å². The van der Waals surface area contributed by atoms with E-state index in [4.69, 9.17) is 4.74 Å². The van der Waals surface area contributed by atoms with E-state index < -0.39 is 5.60 Å². The molecule has 0 heterocycles. The van der Waals surface area contributed by atoms with Crippen LogP contribution in [0.3, 0.4) is 0 Å². The van der Waals surface area contributed by atoms with Gasteiger partial charge in [0.05, 0.1) is 12.7 Å². The lowest BCUT2D eigenvalue weighted by Crippen LogP contribution is -2.38. The first-order valence-electron chi connectivity index (χ1n) is 6.09. The molecule has 1 aromatic carbocycles. The lowest BCUT2D eigenvalue weighted by atomic mass is 10.0. The van der Waals surface area contributed by atoms with Crippen molar-refractivity contribution in [3.05, 3.63) is 29.8 Å². The van der Waals surface area contributed by atoms with Crippen LogP contribution in [0, 0.1) is 0 Å². The molecule has 0 radical (unpaired) electrons. The number of aliphatic hydroxyl groups is 1. The van der Waals surface area contributed by atoms with Crippen LogP contribution in [-0.2, 0) is 0 Å². The van der Waals surface area contributed by atoms with Gasteiger partial charge in [-0.05, 0) is 26.3 Å². The first-order valence-corrected chi connectivity index (χ1v) is 6.09. The second-order valence-electron chi connectivity index (χ2n) is 4.70. The van der Waals surface area contributed by atoms with Crippen LogP contribution >= 0.6 is 0 Å². The van der Waals surface area contributed by atoms with Crippen molar-refractivity contribution in [3.63, 3.8) is 0 Å². The SMILES string of the molecule is CCC(C)(O)CNC(C)c1ccccc1OC. The molecule has 3 heteroatoms. The summed E-state index contributed by atoms with van der Waals surface area (Å²) in [5.74, 6) is 0.878. The Morgan fingerprint density at radius 1 is 1.41 bits per heavy atom. The summed E-state index contributed by atoms with van der Waals surface area (Å²) in [6.45, 7) is 6.47. The summed E-state index contributed by atoms with van der Waals surface area (Å²) in [6, 6.07) is 8.10. The maximum absolute atomic E-state index is 9.95. The summed E-state index contributed by atoms with van der Waals surface area (Å²) >= 11 is 0. The first kappa shape index (κ1) is 14.0. The highest BCUT2D eigenvalue weighted by atomic mass is 16.5. The van der Waals surface area contributed by atoms with Gasteiger partial charge in [-0.25, -0.2) is 0 Å². The molecule has 2 N–H and O–H groups in total. The molecule has 0 aliphatic carbocycles. The molecule has 0 aliphatic rings. The highest BCUT2D eigenvalue weighted by Crippen LogP contribution is 2.24. The molecule has 1 rings (SSSR count). The quantitative estimate of drug-likeness (QED) is 0.798. The van der Waals surface area contributed by atoms with Crippen LogP contribution in [0.2, 0.25) is 0 Å². The van der Waals surface area contributed by atoms with Crippen molar-refractivity contribution in [3.8, 4) is 5.75 Å². The molecule has 2 unspecified atom stereocenters. The molecule has 0 amide bonds. The Morgan fingerprint density at radius 2 is 2.06 bits per heavy atom. The van der Waals surface area contributed by atoms with Gasteiger partial charge >= 0.3 is 0 Å². The van der Waals surface area contributed by atoms with E-state index in [0.29, 0.717) is 6.54 Å². The van der Waals surface area contributed by atoms with Gasteiger partial charge in [-0.2, -0.15) is 0 Å². The number of hydrogen-bond donors (Lipinski definition) is 2. The van der Waals surface area contributed by atoms with Gasteiger partial charge in [0.15, 0.2) is 0 Å². The third kappa shape index (κ3) is 4.02. The summed E-state index contributed by atoms with van der Waals surface area (Å²) in [6.07, 6.45) is 0.735. The minimum Gasteiger partial charge on any atom is -0.496 e. The molecule has 0 saturated heterocycles. The van der Waals surface area contributed by atoms with E-state index in [-0.39, 0.29) is 6.04 Å². The number of hydrogen-bond acceptors (Lipinski definition) is 3. The van der Waals surface area contributed by atoms with E-state index in [1.165, 1.54) is 0 Å². The fraction of sp³-hybridized carbons (Fsp3) is 0.571. The maximum atomic E-state index is 9.95. The summed E-state index contributed by atoms with van der Waals surface area (Å²) in [5.41, 5.74) is 0.456. The maximum Gasteiger partial charge on any atom is 0.123 e. The van der Waals surface area contributed by atoms with E-state index in [1.807, 2.05) is 38.1 Å². The Morgan fingerprint density at radius 3 is 2.65 bits per heavy atom. The van der Waals surface area contributed by atoms with Crippen LogP contribution in [-0.4, -0.2) is 24.4 Å². The number of nitrogens with one attached hydrogen (secondary N) is 1. The highest BCUT2D eigenvalue weighted by Gasteiger charge is 2.19. The zero-order valence-electron chi connectivity index (χ0n) is 11.2. The number of para-hydroxylation sites is 1. The summed E-state index contributed by atoms with van der Waals surface area (Å²) in [5, 5.41) is 13.3. The Balaban J connectivity index is 2.67. The van der Waals surface area contributed by atoms with E-state index in [0.717, 1.165) is 17.7 Å². The van der Waals surface area contributed by atoms with Crippen molar-refractivity contribution in [1.29, 1.82) is 0 Å². The van der Waals surface area contributed by atoms with Crippen LogP contribution in [0.4, 0.5) is 0 Å². The zero-order chi connectivity index (χ0) is 12.9. The molecular weight excluding hydrogens is 214 g/mol. The Kier molecular flexibility index (Phi) is 4.97. The van der Waals surface area contributed by atoms with Crippen LogP contribution in [0.15, 0.2) is 24.3 Å². The number of benzene rings is 1. The molecule has 0 spiro atoms. The number of methoxy groups -OCH3 is 1. The minimum atomic E-state index is -0.656. The predicted molar refractivity (Wildman–Crippen MR) is 70.3 cm³/mol. The smallest absolute Gasteiger partial charge is 0.123 e. The lowest BCUT2D eigenvalue weighted by Gasteiger charge is -2.25. The van der Waals surface area contributed by atoms with Crippen molar-refractivity contribution in [2.75, 3.05) is 13.7 Å². The van der Waals surface area contributed by atoms with E-state index in [9.17, 15) is 5.11 Å². The average molecular weight is 237 g/mol. The van der Waals surface area contributed by atoms with Gasteiger partial charge in [0, 0.05) is 18.2 Å². The largest absolute Gasteiger partial charge is 0.496 e. The van der Waals surface area contributed by atoms with Crippen molar-refractivity contribution in [1.82, 2.24) is 5.32 Å². The zero-order valence-corrected chi connectivity index (χ0v) is 11.2. The van der Waals surface area contributed by atoms with Gasteiger partial charge in [-0.15, -0.1) is 0 Å². The Bertz CT molecular complexity index is 350. The van der Waals surface area contributed by atoms with Crippen LogP contribution in [0.25, 0.3) is 0 Å². The topological polar surface area (TPSA) is 41.5 Å². The monoisotopic (exact) mass is 237 g/mol. The standard InChI is InChI=1S/C14H23NO2/c1-5-14(3,16)10-15-11(2)12-8-6-7-9-13(12)17-4/h6-9,11,15-16H,5,10H2,1-4H3. The van der Waals surface area contributed by atoms with Crippen molar-refractivity contribution < 1.29 is 9.84 Å². The number of rotatable bonds is 6. The van der Waals surface area contributed by atoms with E-state index in [2.05, 4.69) is 12.2 Å². The molecule has 0 aliphatic heterocycles. The first-order chi connectivity index (χ1) is 8.00. The molecule has 96 valence electrons. The van der Waals surface area contributed by atoms with E-state index in [1.54, 1.807) is 7.11 Å². The van der Waals surface area contributed by atoms with Gasteiger partial charge in [-0.1, -0.05) is 25.1 Å². The Labute approximate surface area is 104 Å². The lowest BCUT2D eigenvalue weighted by molar-refractivity contribution is 0.0533. The molecule has 17 heavy (non-hydrogen) atoms. The summed E-state index contributed by atoms with van der Waals surface area (Å²) in [7, 11) is 1.67. The van der Waals surface area contributed by atoms with Crippen LogP contribution in [0.1, 0.15) is 38.8 Å². The molecule has 1 aromatic rings. The third-order valence-electron chi connectivity index (χ3n) is 3.16. The number of ether oxygens (including phenoxy) is 1. The Hall–Kier alpha value is -1.06. The second-order valence-corrected chi connectivity index (χ2v) is 4.70. The predicted octanol–water partition coefficient (Wildman–Crippen LogP) is 2.51. The molecule has 0 saturated carbocycles. The van der Waals surface area contributed by atoms with Crippen LogP contribution < -0.4 is 10.1 Å². The second kappa shape index (κ2) is 6.03. The third-order valence-corrected chi connectivity index (χ3v) is 3.16. The summed E-state index contributed by atoms with van der Waals surface area (Å²) in [4.78, 5) is 0. The van der Waals surface area contributed by atoms with Crippen molar-refractivity contribution in [2.45, 2.75) is 38.8 Å². The van der Waals surface area contributed by atoms with Crippen LogP contribution in [0.5, 0.6) is 5.75 Å². The molecule has 3 nitrogen and oxygen atoms in total. The van der Waals surface area contributed by atoms with Gasteiger partial charge < -0.3 is 15.2 Å². The summed E-state index contributed by atoms with van der Waals surface area (Å²) < 4.78 is 5.32. The molecular formula is C14H23NO2.